The molecule has 1 heterocycles. The number of anilines is 1. The molecule has 5 rings (SSSR count). The lowest BCUT2D eigenvalue weighted by Crippen LogP contribution is -2.37. The molecule has 0 bridgehead atoms. The van der Waals surface area contributed by atoms with Crippen molar-refractivity contribution in [3.05, 3.63) is 137 Å². The van der Waals surface area contributed by atoms with Gasteiger partial charge in [0, 0.05) is 0 Å². The third-order valence-corrected chi connectivity index (χ3v) is 8.29. The SMILES string of the molecule is Cc1ccc(S(=O)(=O)N2c3ccc(F)cc3C[C@H]2CC=C(c2ccccc2)c2ccccc2)cc1. The van der Waals surface area contributed by atoms with E-state index in [9.17, 15) is 12.8 Å². The van der Waals surface area contributed by atoms with Gasteiger partial charge in [-0.05, 0) is 72.4 Å². The predicted molar refractivity (Wildman–Crippen MR) is 139 cm³/mol. The number of hydrogen-bond donors (Lipinski definition) is 0. The van der Waals surface area contributed by atoms with E-state index >= 15 is 0 Å². The van der Waals surface area contributed by atoms with Gasteiger partial charge in [-0.1, -0.05) is 84.4 Å². The fraction of sp³-hybridized carbons (Fsp3) is 0.133. The summed E-state index contributed by atoms with van der Waals surface area (Å²) < 4.78 is 43.1. The highest BCUT2D eigenvalue weighted by molar-refractivity contribution is 7.92. The lowest BCUT2D eigenvalue weighted by atomic mass is 9.95. The van der Waals surface area contributed by atoms with Gasteiger partial charge in [-0.3, -0.25) is 4.31 Å². The van der Waals surface area contributed by atoms with Crippen molar-refractivity contribution >= 4 is 21.3 Å². The van der Waals surface area contributed by atoms with Crippen LogP contribution in [-0.2, 0) is 16.4 Å². The van der Waals surface area contributed by atoms with Crippen LogP contribution in [0.5, 0.6) is 0 Å². The van der Waals surface area contributed by atoms with E-state index in [1.54, 1.807) is 30.3 Å². The van der Waals surface area contributed by atoms with Gasteiger partial charge in [0.05, 0.1) is 16.6 Å². The third kappa shape index (κ3) is 4.64. The molecular formula is C30H26FNO2S. The second-order valence-corrected chi connectivity index (χ2v) is 10.6. The molecule has 176 valence electrons. The van der Waals surface area contributed by atoms with Gasteiger partial charge in [-0.2, -0.15) is 0 Å². The van der Waals surface area contributed by atoms with Crippen molar-refractivity contribution in [2.45, 2.75) is 30.7 Å². The molecule has 1 aliphatic rings. The zero-order valence-corrected chi connectivity index (χ0v) is 20.3. The first-order valence-electron chi connectivity index (χ1n) is 11.6. The third-order valence-electron chi connectivity index (χ3n) is 6.41. The first-order valence-corrected chi connectivity index (χ1v) is 13.1. The van der Waals surface area contributed by atoms with Gasteiger partial charge < -0.3 is 0 Å². The average Bonchev–Trinajstić information content (AvgIpc) is 3.24. The van der Waals surface area contributed by atoms with Crippen LogP contribution < -0.4 is 4.31 Å². The standard InChI is InChI=1S/C30H26FNO2S/c1-22-12-16-28(17-13-22)35(33,34)32-27(21-25-20-26(31)14-19-30(25)32)15-18-29(23-8-4-2-5-9-23)24-10-6-3-7-11-24/h2-14,16-20,27H,15,21H2,1H3/t27-/m1/s1. The van der Waals surface area contributed by atoms with Gasteiger partial charge in [0.15, 0.2) is 0 Å². The summed E-state index contributed by atoms with van der Waals surface area (Å²) in [5, 5.41) is 0. The van der Waals surface area contributed by atoms with Crippen LogP contribution in [0.2, 0.25) is 0 Å². The van der Waals surface area contributed by atoms with E-state index < -0.39 is 10.0 Å². The Morgan fingerprint density at radius 2 is 1.49 bits per heavy atom. The normalized spacial score (nSPS) is 15.0. The maximum atomic E-state index is 14.1. The minimum atomic E-state index is -3.83. The zero-order chi connectivity index (χ0) is 24.4. The van der Waals surface area contributed by atoms with Crippen molar-refractivity contribution in [1.29, 1.82) is 0 Å². The topological polar surface area (TPSA) is 37.4 Å². The van der Waals surface area contributed by atoms with E-state index in [-0.39, 0.29) is 16.8 Å². The second kappa shape index (κ2) is 9.51. The van der Waals surface area contributed by atoms with Crippen LogP contribution in [0.15, 0.2) is 114 Å². The number of nitrogens with zero attached hydrogens (tertiary/aromatic N) is 1. The molecule has 0 amide bonds. The lowest BCUT2D eigenvalue weighted by molar-refractivity contribution is 0.579. The Hall–Kier alpha value is -3.70. The van der Waals surface area contributed by atoms with Crippen molar-refractivity contribution in [1.82, 2.24) is 0 Å². The Morgan fingerprint density at radius 1 is 0.886 bits per heavy atom. The Balaban J connectivity index is 1.57. The molecule has 3 nitrogen and oxygen atoms in total. The Bertz CT molecular complexity index is 1420. The molecule has 0 aromatic heterocycles. The first kappa shape index (κ1) is 23.1. The van der Waals surface area contributed by atoms with E-state index in [4.69, 9.17) is 0 Å². The second-order valence-electron chi connectivity index (χ2n) is 8.83. The van der Waals surface area contributed by atoms with Crippen molar-refractivity contribution in [2.75, 3.05) is 4.31 Å². The Kier molecular flexibility index (Phi) is 6.27. The van der Waals surface area contributed by atoms with E-state index in [2.05, 4.69) is 30.3 Å². The molecule has 1 atom stereocenters. The number of fused-ring (bicyclic) bond motifs is 1. The number of aryl methyl sites for hydroxylation is 1. The summed E-state index contributed by atoms with van der Waals surface area (Å²) in [4.78, 5) is 0.237. The number of sulfonamides is 1. The monoisotopic (exact) mass is 483 g/mol. The summed E-state index contributed by atoms with van der Waals surface area (Å²) in [7, 11) is -3.83. The minimum Gasteiger partial charge on any atom is -0.262 e. The first-order chi connectivity index (χ1) is 16.9. The van der Waals surface area contributed by atoms with E-state index in [0.717, 1.165) is 22.3 Å². The Labute approximate surface area is 206 Å². The van der Waals surface area contributed by atoms with Crippen LogP contribution in [0.4, 0.5) is 10.1 Å². The molecule has 5 heteroatoms. The van der Waals surface area contributed by atoms with Crippen LogP contribution in [0.3, 0.4) is 0 Å². The Morgan fingerprint density at radius 3 is 2.09 bits per heavy atom. The van der Waals surface area contributed by atoms with Crippen molar-refractivity contribution in [2.24, 2.45) is 0 Å². The van der Waals surface area contributed by atoms with Gasteiger partial charge in [0.25, 0.3) is 10.0 Å². The summed E-state index contributed by atoms with van der Waals surface area (Å²) >= 11 is 0. The molecular weight excluding hydrogens is 457 g/mol. The van der Waals surface area contributed by atoms with Crippen LogP contribution in [-0.4, -0.2) is 14.5 Å². The van der Waals surface area contributed by atoms with E-state index in [0.29, 0.717) is 24.1 Å². The molecule has 0 aliphatic carbocycles. The minimum absolute atomic E-state index is 0.237. The average molecular weight is 484 g/mol. The molecule has 0 fully saturated rings. The number of rotatable bonds is 6. The highest BCUT2D eigenvalue weighted by Crippen LogP contribution is 2.39. The summed E-state index contributed by atoms with van der Waals surface area (Å²) in [6.45, 7) is 1.92. The van der Waals surface area contributed by atoms with Gasteiger partial charge in [0.1, 0.15) is 5.82 Å². The highest BCUT2D eigenvalue weighted by atomic mass is 32.2. The molecule has 0 radical (unpaired) electrons. The lowest BCUT2D eigenvalue weighted by Gasteiger charge is -2.27. The molecule has 35 heavy (non-hydrogen) atoms. The van der Waals surface area contributed by atoms with Crippen molar-refractivity contribution < 1.29 is 12.8 Å². The number of hydrogen-bond acceptors (Lipinski definition) is 2. The van der Waals surface area contributed by atoms with Gasteiger partial charge in [-0.25, -0.2) is 12.8 Å². The zero-order valence-electron chi connectivity index (χ0n) is 19.4. The summed E-state index contributed by atoms with van der Waals surface area (Å²) in [6, 6.07) is 31.0. The number of halogens is 1. The summed E-state index contributed by atoms with van der Waals surface area (Å²) in [6.07, 6.45) is 3.04. The molecule has 1 aliphatic heterocycles. The molecule has 0 N–H and O–H groups in total. The summed E-state index contributed by atoms with van der Waals surface area (Å²) in [5.74, 6) is -0.359. The highest BCUT2D eigenvalue weighted by Gasteiger charge is 2.38. The fourth-order valence-electron chi connectivity index (χ4n) is 4.69. The maximum Gasteiger partial charge on any atom is 0.264 e. The summed E-state index contributed by atoms with van der Waals surface area (Å²) in [5.41, 5.74) is 5.41. The van der Waals surface area contributed by atoms with Crippen molar-refractivity contribution in [3.8, 4) is 0 Å². The van der Waals surface area contributed by atoms with Gasteiger partial charge >= 0.3 is 0 Å². The van der Waals surface area contributed by atoms with Crippen LogP contribution >= 0.6 is 0 Å². The molecule has 4 aromatic rings. The van der Waals surface area contributed by atoms with Crippen LogP contribution in [0, 0.1) is 12.7 Å². The van der Waals surface area contributed by atoms with Gasteiger partial charge in [-0.15, -0.1) is 0 Å². The van der Waals surface area contributed by atoms with Gasteiger partial charge in [0.2, 0.25) is 0 Å². The predicted octanol–water partition coefficient (Wildman–Crippen LogP) is 6.78. The molecule has 0 saturated heterocycles. The van der Waals surface area contributed by atoms with Crippen molar-refractivity contribution in [3.63, 3.8) is 0 Å². The fourth-order valence-corrected chi connectivity index (χ4v) is 6.38. The molecule has 4 aromatic carbocycles. The van der Waals surface area contributed by atoms with Crippen LogP contribution in [0.25, 0.3) is 5.57 Å². The molecule has 0 spiro atoms. The number of benzene rings is 4. The molecule has 0 unspecified atom stereocenters. The van der Waals surface area contributed by atoms with E-state index in [1.165, 1.54) is 16.4 Å². The van der Waals surface area contributed by atoms with Crippen LogP contribution in [0.1, 0.15) is 28.7 Å². The van der Waals surface area contributed by atoms with E-state index in [1.807, 2.05) is 43.3 Å². The molecule has 0 saturated carbocycles. The quantitative estimate of drug-likeness (QED) is 0.303. The largest absolute Gasteiger partial charge is 0.264 e. The maximum absolute atomic E-state index is 14.1. The smallest absolute Gasteiger partial charge is 0.262 e.